The van der Waals surface area contributed by atoms with Crippen LogP contribution in [-0.4, -0.2) is 35.7 Å². The van der Waals surface area contributed by atoms with E-state index in [1.165, 1.54) is 11.0 Å². The predicted octanol–water partition coefficient (Wildman–Crippen LogP) is 3.57. The number of hydrogen-bond donors (Lipinski definition) is 1. The number of benzene rings is 1. The number of carbonyl (C=O) groups is 1. The highest BCUT2D eigenvalue weighted by molar-refractivity contribution is 7.80. The molecule has 0 aliphatic carbocycles. The van der Waals surface area contributed by atoms with Crippen LogP contribution in [0.25, 0.3) is 17.4 Å². The molecule has 0 atom stereocenters. The Morgan fingerprint density at radius 1 is 1.31 bits per heavy atom. The van der Waals surface area contributed by atoms with Crippen LogP contribution in [0, 0.1) is 5.82 Å². The molecule has 0 spiro atoms. The highest BCUT2D eigenvalue weighted by atomic mass is 32.1. The second-order valence-corrected chi connectivity index (χ2v) is 6.06. The molecular weight excluding hydrogens is 355 g/mol. The van der Waals surface area contributed by atoms with Crippen molar-refractivity contribution in [3.05, 3.63) is 53.7 Å². The number of rotatable bonds is 7. The normalized spacial score (nSPS) is 15.8. The molecule has 7 heteroatoms. The molecule has 0 bridgehead atoms. The van der Waals surface area contributed by atoms with E-state index in [1.807, 2.05) is 6.92 Å². The van der Waals surface area contributed by atoms with Crippen molar-refractivity contribution in [2.75, 3.05) is 19.8 Å². The number of carbonyl (C=O) groups excluding carboxylic acids is 1. The van der Waals surface area contributed by atoms with Crippen molar-refractivity contribution < 1.29 is 18.3 Å². The van der Waals surface area contributed by atoms with E-state index < -0.39 is 0 Å². The summed E-state index contributed by atoms with van der Waals surface area (Å²) < 4.78 is 24.8. The maximum Gasteiger partial charge on any atom is 0.276 e. The first-order chi connectivity index (χ1) is 12.6. The topological polar surface area (TPSA) is 54.7 Å². The van der Waals surface area contributed by atoms with Crippen LogP contribution in [0.15, 0.2) is 46.5 Å². The number of amides is 1. The number of hydrogen-bond acceptors (Lipinski definition) is 4. The second-order valence-electron chi connectivity index (χ2n) is 5.68. The van der Waals surface area contributed by atoms with Crippen molar-refractivity contribution in [1.82, 2.24) is 10.2 Å². The number of furan rings is 1. The summed E-state index contributed by atoms with van der Waals surface area (Å²) in [6.45, 7) is 3.63. The summed E-state index contributed by atoms with van der Waals surface area (Å²) in [4.78, 5) is 14.0. The minimum Gasteiger partial charge on any atom is -0.457 e. The molecule has 0 saturated carbocycles. The fourth-order valence-corrected chi connectivity index (χ4v) is 2.91. The zero-order valence-corrected chi connectivity index (χ0v) is 15.1. The van der Waals surface area contributed by atoms with Gasteiger partial charge in [0.1, 0.15) is 23.0 Å². The fraction of sp³-hybridized carbons (Fsp3) is 0.263. The Labute approximate surface area is 156 Å². The van der Waals surface area contributed by atoms with Crippen molar-refractivity contribution in [1.29, 1.82) is 0 Å². The average molecular weight is 374 g/mol. The lowest BCUT2D eigenvalue weighted by atomic mass is 10.1. The fourth-order valence-electron chi connectivity index (χ4n) is 2.62. The SMILES string of the molecule is CCOCCCN1C(=O)/C(=C\c2ccc(-c3ccccc3F)o2)NC1=S. The molecule has 3 rings (SSSR count). The smallest absolute Gasteiger partial charge is 0.276 e. The molecule has 1 aromatic heterocycles. The summed E-state index contributed by atoms with van der Waals surface area (Å²) in [7, 11) is 0. The van der Waals surface area contributed by atoms with Crippen molar-refractivity contribution in [2.45, 2.75) is 13.3 Å². The van der Waals surface area contributed by atoms with E-state index in [9.17, 15) is 9.18 Å². The van der Waals surface area contributed by atoms with Gasteiger partial charge in [-0.15, -0.1) is 0 Å². The van der Waals surface area contributed by atoms with Gasteiger partial charge in [-0.05, 0) is 49.8 Å². The molecule has 0 radical (unpaired) electrons. The Morgan fingerprint density at radius 3 is 2.88 bits per heavy atom. The first kappa shape index (κ1) is 18.3. The predicted molar refractivity (Wildman–Crippen MR) is 101 cm³/mol. The third kappa shape index (κ3) is 4.00. The molecule has 1 aliphatic rings. The summed E-state index contributed by atoms with van der Waals surface area (Å²) in [6, 6.07) is 9.72. The Morgan fingerprint density at radius 2 is 2.12 bits per heavy atom. The molecule has 1 amide bonds. The van der Waals surface area contributed by atoms with Crippen molar-refractivity contribution in [3.63, 3.8) is 0 Å². The monoisotopic (exact) mass is 374 g/mol. The van der Waals surface area contributed by atoms with E-state index >= 15 is 0 Å². The van der Waals surface area contributed by atoms with Gasteiger partial charge in [0.15, 0.2) is 5.11 Å². The van der Waals surface area contributed by atoms with E-state index in [4.69, 9.17) is 21.4 Å². The lowest BCUT2D eigenvalue weighted by molar-refractivity contribution is -0.122. The van der Waals surface area contributed by atoms with E-state index in [0.29, 0.717) is 54.1 Å². The Kier molecular flexibility index (Phi) is 5.80. The molecule has 26 heavy (non-hydrogen) atoms. The van der Waals surface area contributed by atoms with Crippen LogP contribution in [0.5, 0.6) is 0 Å². The quantitative estimate of drug-likeness (QED) is 0.456. The highest BCUT2D eigenvalue weighted by Gasteiger charge is 2.30. The first-order valence-electron chi connectivity index (χ1n) is 8.37. The van der Waals surface area contributed by atoms with E-state index in [0.717, 1.165) is 0 Å². The molecule has 1 fully saturated rings. The minimum absolute atomic E-state index is 0.213. The van der Waals surface area contributed by atoms with Gasteiger partial charge in [0, 0.05) is 25.8 Å². The highest BCUT2D eigenvalue weighted by Crippen LogP contribution is 2.26. The molecular formula is C19H19FN2O3S. The van der Waals surface area contributed by atoms with Gasteiger partial charge in [-0.3, -0.25) is 9.69 Å². The van der Waals surface area contributed by atoms with Crippen LogP contribution < -0.4 is 5.32 Å². The minimum atomic E-state index is -0.363. The van der Waals surface area contributed by atoms with Crippen LogP contribution in [0.3, 0.4) is 0 Å². The molecule has 1 aliphatic heterocycles. The second kappa shape index (κ2) is 8.25. The summed E-state index contributed by atoms with van der Waals surface area (Å²) in [5.74, 6) is 0.266. The summed E-state index contributed by atoms with van der Waals surface area (Å²) in [5, 5.41) is 3.26. The number of halogens is 1. The van der Waals surface area contributed by atoms with Gasteiger partial charge >= 0.3 is 0 Å². The van der Waals surface area contributed by atoms with Crippen molar-refractivity contribution in [2.24, 2.45) is 0 Å². The zero-order valence-electron chi connectivity index (χ0n) is 14.3. The van der Waals surface area contributed by atoms with Gasteiger partial charge in [-0.25, -0.2) is 4.39 Å². The van der Waals surface area contributed by atoms with Gasteiger partial charge in [0.05, 0.1) is 5.56 Å². The molecule has 1 saturated heterocycles. The van der Waals surface area contributed by atoms with Crippen LogP contribution in [-0.2, 0) is 9.53 Å². The third-order valence-corrected chi connectivity index (χ3v) is 4.21. The molecule has 2 heterocycles. The maximum atomic E-state index is 13.9. The molecule has 1 aromatic carbocycles. The summed E-state index contributed by atoms with van der Waals surface area (Å²) >= 11 is 5.22. The Bertz CT molecular complexity index is 847. The van der Waals surface area contributed by atoms with Crippen LogP contribution in [0.4, 0.5) is 4.39 Å². The van der Waals surface area contributed by atoms with Gasteiger partial charge in [-0.1, -0.05) is 12.1 Å². The number of nitrogens with zero attached hydrogens (tertiary/aromatic N) is 1. The first-order valence-corrected chi connectivity index (χ1v) is 8.78. The van der Waals surface area contributed by atoms with Crippen LogP contribution in [0.2, 0.25) is 0 Å². The third-order valence-electron chi connectivity index (χ3n) is 3.89. The Hall–Kier alpha value is -2.51. The largest absolute Gasteiger partial charge is 0.457 e. The van der Waals surface area contributed by atoms with Crippen molar-refractivity contribution in [3.8, 4) is 11.3 Å². The maximum absolute atomic E-state index is 13.9. The van der Waals surface area contributed by atoms with Crippen LogP contribution in [0.1, 0.15) is 19.1 Å². The van der Waals surface area contributed by atoms with Gasteiger partial charge in [-0.2, -0.15) is 0 Å². The lowest BCUT2D eigenvalue weighted by Gasteiger charge is -2.13. The van der Waals surface area contributed by atoms with E-state index in [-0.39, 0.29) is 11.7 Å². The average Bonchev–Trinajstić information content (AvgIpc) is 3.19. The Balaban J connectivity index is 1.72. The summed E-state index contributed by atoms with van der Waals surface area (Å²) in [5.41, 5.74) is 0.705. The van der Waals surface area contributed by atoms with Crippen molar-refractivity contribution >= 4 is 29.3 Å². The number of ether oxygens (including phenoxy) is 1. The van der Waals surface area contributed by atoms with Gasteiger partial charge in [0.2, 0.25) is 0 Å². The van der Waals surface area contributed by atoms with Crippen LogP contribution >= 0.6 is 12.2 Å². The molecule has 5 nitrogen and oxygen atoms in total. The van der Waals surface area contributed by atoms with E-state index in [2.05, 4.69) is 5.32 Å². The standard InChI is InChI=1S/C19H19FN2O3S/c1-2-24-11-5-10-22-18(23)16(21-19(22)26)12-13-8-9-17(25-13)14-6-3-4-7-15(14)20/h3-4,6-9,12H,2,5,10-11H2,1H3,(H,21,26)/b16-12+. The zero-order chi connectivity index (χ0) is 18.5. The van der Waals surface area contributed by atoms with E-state index in [1.54, 1.807) is 36.4 Å². The van der Waals surface area contributed by atoms with Gasteiger partial charge in [0.25, 0.3) is 5.91 Å². The summed E-state index contributed by atoms with van der Waals surface area (Å²) in [6.07, 6.45) is 2.27. The van der Waals surface area contributed by atoms with Gasteiger partial charge < -0.3 is 14.5 Å². The lowest BCUT2D eigenvalue weighted by Crippen LogP contribution is -2.32. The molecule has 1 N–H and O–H groups in total. The molecule has 136 valence electrons. The number of nitrogens with one attached hydrogen (secondary N) is 1. The number of thiocarbonyl (C=S) groups is 1. The molecule has 2 aromatic rings. The molecule has 0 unspecified atom stereocenters.